The number of carbonyl (C=O) groups excluding carboxylic acids is 1. The van der Waals surface area contributed by atoms with E-state index in [1.54, 1.807) is 24.3 Å². The van der Waals surface area contributed by atoms with Gasteiger partial charge in [0.15, 0.2) is 0 Å². The molecular weight excluding hydrogens is 310 g/mol. The highest BCUT2D eigenvalue weighted by Crippen LogP contribution is 2.23. The molecule has 2 aromatic carbocycles. The van der Waals surface area contributed by atoms with Gasteiger partial charge in [-0.1, -0.05) is 36.4 Å². The van der Waals surface area contributed by atoms with Crippen LogP contribution in [0.5, 0.6) is 0 Å². The molecule has 0 spiro atoms. The molecule has 0 unspecified atom stereocenters. The van der Waals surface area contributed by atoms with Crippen LogP contribution in [0.2, 0.25) is 0 Å². The number of nitrogens with zero attached hydrogens (tertiary/aromatic N) is 2. The van der Waals surface area contributed by atoms with E-state index in [2.05, 4.69) is 46.6 Å². The number of amides is 1. The summed E-state index contributed by atoms with van der Waals surface area (Å²) in [5.74, 6) is -0.0266. The summed E-state index contributed by atoms with van der Waals surface area (Å²) in [6.45, 7) is 3.56. The highest BCUT2D eigenvalue weighted by Gasteiger charge is 2.23. The molecule has 4 nitrogen and oxygen atoms in total. The highest BCUT2D eigenvalue weighted by atomic mass is 16.2. The van der Waals surface area contributed by atoms with Crippen LogP contribution in [0.4, 0.5) is 5.69 Å². The number of hydrogen-bond donors (Lipinski definition) is 1. The molecule has 25 heavy (non-hydrogen) atoms. The summed E-state index contributed by atoms with van der Waals surface area (Å²) in [5.41, 5.74) is 3.91. The molecule has 1 atom stereocenters. The number of carbonyl (C=O) groups is 1. The third kappa shape index (κ3) is 4.14. The molecule has 3 rings (SSSR count). The fraction of sp³-hybridized carbons (Fsp3) is 0.238. The molecule has 0 saturated heterocycles. The van der Waals surface area contributed by atoms with Crippen molar-refractivity contribution in [3.8, 4) is 6.07 Å². The smallest absolute Gasteiger partial charge is 0.241 e. The summed E-state index contributed by atoms with van der Waals surface area (Å²) >= 11 is 0. The monoisotopic (exact) mass is 331 g/mol. The largest absolute Gasteiger partial charge is 0.325 e. The zero-order valence-electron chi connectivity index (χ0n) is 14.3. The Bertz CT molecular complexity index is 803. The van der Waals surface area contributed by atoms with Gasteiger partial charge in [-0.15, -0.1) is 0 Å². The molecule has 1 heterocycles. The standard InChI is InChI=1S/C21H21N3O/c1-16(21(25)23-20-9-7-17(15-22)8-10-20)24-13-11-19(12-14-24)18-5-3-2-4-6-18/h2-11,16H,12-14H2,1H3,(H,23,25)/t16-/m0/s1. The van der Waals surface area contributed by atoms with E-state index < -0.39 is 0 Å². The lowest BCUT2D eigenvalue weighted by Crippen LogP contribution is -2.44. The van der Waals surface area contributed by atoms with Gasteiger partial charge in [0, 0.05) is 18.8 Å². The molecule has 0 bridgehead atoms. The fourth-order valence-corrected chi connectivity index (χ4v) is 2.99. The average molecular weight is 331 g/mol. The summed E-state index contributed by atoms with van der Waals surface area (Å²) < 4.78 is 0. The van der Waals surface area contributed by atoms with Gasteiger partial charge in [0.1, 0.15) is 0 Å². The first kappa shape index (κ1) is 16.9. The lowest BCUT2D eigenvalue weighted by Gasteiger charge is -2.31. The van der Waals surface area contributed by atoms with Gasteiger partial charge < -0.3 is 5.32 Å². The van der Waals surface area contributed by atoms with E-state index in [0.717, 1.165) is 19.5 Å². The third-order valence-electron chi connectivity index (χ3n) is 4.59. The van der Waals surface area contributed by atoms with Crippen LogP contribution in [0, 0.1) is 11.3 Å². The average Bonchev–Trinajstić information content (AvgIpc) is 2.69. The first-order valence-electron chi connectivity index (χ1n) is 8.47. The summed E-state index contributed by atoms with van der Waals surface area (Å²) in [6, 6.07) is 19.2. The Morgan fingerprint density at radius 1 is 1.16 bits per heavy atom. The zero-order chi connectivity index (χ0) is 17.6. The van der Waals surface area contributed by atoms with E-state index in [1.165, 1.54) is 11.1 Å². The summed E-state index contributed by atoms with van der Waals surface area (Å²) in [6.07, 6.45) is 3.16. The van der Waals surface area contributed by atoms with Crippen molar-refractivity contribution in [1.82, 2.24) is 4.90 Å². The van der Waals surface area contributed by atoms with Crippen LogP contribution in [-0.2, 0) is 4.79 Å². The van der Waals surface area contributed by atoms with Crippen LogP contribution in [-0.4, -0.2) is 29.9 Å². The maximum absolute atomic E-state index is 12.5. The SMILES string of the molecule is C[C@@H](C(=O)Nc1ccc(C#N)cc1)N1CC=C(c2ccccc2)CC1. The second-order valence-electron chi connectivity index (χ2n) is 6.19. The third-order valence-corrected chi connectivity index (χ3v) is 4.59. The molecule has 0 radical (unpaired) electrons. The molecule has 4 heteroatoms. The van der Waals surface area contributed by atoms with E-state index in [4.69, 9.17) is 5.26 Å². The Morgan fingerprint density at radius 3 is 2.48 bits per heavy atom. The van der Waals surface area contributed by atoms with Crippen LogP contribution in [0.25, 0.3) is 5.57 Å². The number of anilines is 1. The maximum Gasteiger partial charge on any atom is 0.241 e. The predicted octanol–water partition coefficient (Wildman–Crippen LogP) is 3.67. The van der Waals surface area contributed by atoms with Gasteiger partial charge in [0.2, 0.25) is 5.91 Å². The summed E-state index contributed by atoms with van der Waals surface area (Å²) in [5, 5.41) is 11.7. The van der Waals surface area contributed by atoms with Gasteiger partial charge in [-0.3, -0.25) is 9.69 Å². The normalized spacial score (nSPS) is 15.8. The number of benzene rings is 2. The van der Waals surface area contributed by atoms with Crippen molar-refractivity contribution < 1.29 is 4.79 Å². The summed E-state index contributed by atoms with van der Waals surface area (Å²) in [4.78, 5) is 14.7. The topological polar surface area (TPSA) is 56.1 Å². The number of rotatable bonds is 4. The van der Waals surface area contributed by atoms with Crippen LogP contribution in [0.15, 0.2) is 60.7 Å². The number of hydrogen-bond acceptors (Lipinski definition) is 3. The fourth-order valence-electron chi connectivity index (χ4n) is 2.99. The maximum atomic E-state index is 12.5. The quantitative estimate of drug-likeness (QED) is 0.930. The molecule has 1 aliphatic heterocycles. The van der Waals surface area contributed by atoms with Crippen LogP contribution >= 0.6 is 0 Å². The summed E-state index contributed by atoms with van der Waals surface area (Å²) in [7, 11) is 0. The first-order valence-corrected chi connectivity index (χ1v) is 8.47. The second-order valence-corrected chi connectivity index (χ2v) is 6.19. The van der Waals surface area contributed by atoms with Crippen molar-refractivity contribution in [2.24, 2.45) is 0 Å². The van der Waals surface area contributed by atoms with Crippen molar-refractivity contribution in [2.45, 2.75) is 19.4 Å². The first-order chi connectivity index (χ1) is 12.2. The van der Waals surface area contributed by atoms with E-state index in [-0.39, 0.29) is 11.9 Å². The molecule has 1 amide bonds. The van der Waals surface area contributed by atoms with Crippen LogP contribution < -0.4 is 5.32 Å². The Labute approximate surface area is 148 Å². The predicted molar refractivity (Wildman–Crippen MR) is 99.9 cm³/mol. The molecule has 1 N–H and O–H groups in total. The van der Waals surface area contributed by atoms with E-state index in [1.807, 2.05) is 13.0 Å². The van der Waals surface area contributed by atoms with E-state index >= 15 is 0 Å². The highest BCUT2D eigenvalue weighted by molar-refractivity contribution is 5.94. The van der Waals surface area contributed by atoms with Gasteiger partial charge in [-0.25, -0.2) is 0 Å². The van der Waals surface area contributed by atoms with E-state index in [0.29, 0.717) is 11.3 Å². The lowest BCUT2D eigenvalue weighted by atomic mass is 9.99. The molecular formula is C21H21N3O. The van der Waals surface area contributed by atoms with Gasteiger partial charge in [-0.2, -0.15) is 5.26 Å². The number of nitrogens with one attached hydrogen (secondary N) is 1. The molecule has 1 aliphatic rings. The Kier molecular flexibility index (Phi) is 5.27. The van der Waals surface area contributed by atoms with Crippen molar-refractivity contribution in [2.75, 3.05) is 18.4 Å². The minimum absolute atomic E-state index is 0.0266. The van der Waals surface area contributed by atoms with Gasteiger partial charge in [0.05, 0.1) is 17.7 Å². The van der Waals surface area contributed by atoms with Gasteiger partial charge >= 0.3 is 0 Å². The number of nitriles is 1. The van der Waals surface area contributed by atoms with Crippen molar-refractivity contribution in [3.63, 3.8) is 0 Å². The lowest BCUT2D eigenvalue weighted by molar-refractivity contribution is -0.120. The Hall–Kier alpha value is -2.90. The van der Waals surface area contributed by atoms with Crippen LogP contribution in [0.1, 0.15) is 24.5 Å². The Balaban J connectivity index is 1.59. The van der Waals surface area contributed by atoms with E-state index in [9.17, 15) is 4.79 Å². The molecule has 0 fully saturated rings. The van der Waals surface area contributed by atoms with Gasteiger partial charge in [-0.05, 0) is 48.7 Å². The van der Waals surface area contributed by atoms with Crippen molar-refractivity contribution in [3.05, 3.63) is 71.8 Å². The molecule has 2 aromatic rings. The van der Waals surface area contributed by atoms with Crippen LogP contribution in [0.3, 0.4) is 0 Å². The molecule has 0 saturated carbocycles. The molecule has 126 valence electrons. The molecule has 0 aliphatic carbocycles. The van der Waals surface area contributed by atoms with Gasteiger partial charge in [0.25, 0.3) is 0 Å². The second kappa shape index (κ2) is 7.78. The minimum atomic E-state index is -0.204. The van der Waals surface area contributed by atoms with Crippen molar-refractivity contribution >= 4 is 17.2 Å². The zero-order valence-corrected chi connectivity index (χ0v) is 14.3. The molecule has 0 aromatic heterocycles. The van der Waals surface area contributed by atoms with Crippen molar-refractivity contribution in [1.29, 1.82) is 5.26 Å². The Morgan fingerprint density at radius 2 is 1.88 bits per heavy atom. The minimum Gasteiger partial charge on any atom is -0.325 e.